The molecule has 0 aliphatic carbocycles. The Morgan fingerprint density at radius 1 is 1.22 bits per heavy atom. The van der Waals surface area contributed by atoms with Gasteiger partial charge in [-0.25, -0.2) is 4.98 Å². The number of fused-ring (bicyclic) bond motifs is 1. The second-order valence-corrected chi connectivity index (χ2v) is 3.86. The zero-order chi connectivity index (χ0) is 12.5. The summed E-state index contributed by atoms with van der Waals surface area (Å²) in [5.41, 5.74) is 8.18. The average molecular weight is 238 g/mol. The van der Waals surface area contributed by atoms with Gasteiger partial charge in [-0.15, -0.1) is 0 Å². The molecule has 5 nitrogen and oxygen atoms in total. The highest BCUT2D eigenvalue weighted by atomic mass is 16.1. The third-order valence-corrected chi connectivity index (χ3v) is 2.79. The summed E-state index contributed by atoms with van der Waals surface area (Å²) >= 11 is 0. The van der Waals surface area contributed by atoms with Crippen LogP contribution in [0.3, 0.4) is 0 Å². The van der Waals surface area contributed by atoms with Crippen molar-refractivity contribution in [2.24, 2.45) is 5.73 Å². The summed E-state index contributed by atoms with van der Waals surface area (Å²) < 4.78 is 1.87. The van der Waals surface area contributed by atoms with Crippen LogP contribution in [0, 0.1) is 0 Å². The van der Waals surface area contributed by atoms with Crippen molar-refractivity contribution in [1.29, 1.82) is 0 Å². The number of carbonyl (C=O) groups is 1. The molecule has 0 aliphatic heterocycles. The number of nitrogens with zero attached hydrogens (tertiary/aromatic N) is 3. The topological polar surface area (TPSA) is 73.3 Å². The van der Waals surface area contributed by atoms with Crippen molar-refractivity contribution in [3.05, 3.63) is 54.6 Å². The number of rotatable bonds is 2. The number of imidazole rings is 1. The van der Waals surface area contributed by atoms with E-state index >= 15 is 0 Å². The molecule has 18 heavy (non-hydrogen) atoms. The van der Waals surface area contributed by atoms with Crippen molar-refractivity contribution in [2.45, 2.75) is 0 Å². The lowest BCUT2D eigenvalue weighted by Gasteiger charge is -2.05. The third-order valence-electron chi connectivity index (χ3n) is 2.79. The van der Waals surface area contributed by atoms with Gasteiger partial charge in [-0.2, -0.15) is 0 Å². The second-order valence-electron chi connectivity index (χ2n) is 3.86. The van der Waals surface area contributed by atoms with Crippen LogP contribution in [0.5, 0.6) is 0 Å². The summed E-state index contributed by atoms with van der Waals surface area (Å²) in [6.07, 6.45) is 6.84. The molecule has 88 valence electrons. The molecule has 1 aromatic carbocycles. The van der Waals surface area contributed by atoms with E-state index in [0.29, 0.717) is 5.56 Å². The minimum atomic E-state index is -0.449. The van der Waals surface area contributed by atoms with Crippen molar-refractivity contribution in [1.82, 2.24) is 14.4 Å². The van der Waals surface area contributed by atoms with Gasteiger partial charge in [-0.05, 0) is 6.07 Å². The Balaban J connectivity index is 2.30. The van der Waals surface area contributed by atoms with E-state index in [1.165, 1.54) is 0 Å². The molecule has 0 spiro atoms. The maximum absolute atomic E-state index is 11.4. The zero-order valence-corrected chi connectivity index (χ0v) is 9.45. The first-order valence-electron chi connectivity index (χ1n) is 5.43. The molecule has 3 rings (SSSR count). The maximum atomic E-state index is 11.4. The van der Waals surface area contributed by atoms with Gasteiger partial charge in [0, 0.05) is 23.5 Å². The number of nitrogens with two attached hydrogens (primary N) is 1. The smallest absolute Gasteiger partial charge is 0.249 e. The summed E-state index contributed by atoms with van der Waals surface area (Å²) in [6.45, 7) is 0. The van der Waals surface area contributed by atoms with Gasteiger partial charge in [-0.1, -0.05) is 18.2 Å². The highest BCUT2D eigenvalue weighted by Crippen LogP contribution is 2.23. The molecule has 3 aromatic rings. The molecule has 0 saturated heterocycles. The fourth-order valence-corrected chi connectivity index (χ4v) is 1.96. The van der Waals surface area contributed by atoms with Gasteiger partial charge in [-0.3, -0.25) is 14.2 Å². The van der Waals surface area contributed by atoms with Gasteiger partial charge in [0.05, 0.1) is 18.1 Å². The summed E-state index contributed by atoms with van der Waals surface area (Å²) in [4.78, 5) is 19.7. The van der Waals surface area contributed by atoms with E-state index in [1.54, 1.807) is 36.9 Å². The van der Waals surface area contributed by atoms with Crippen LogP contribution in [-0.4, -0.2) is 20.3 Å². The minimum Gasteiger partial charge on any atom is -0.366 e. The van der Waals surface area contributed by atoms with E-state index in [0.717, 1.165) is 16.9 Å². The Kier molecular flexibility index (Phi) is 2.30. The molecule has 2 heterocycles. The number of hydrogen-bond donors (Lipinski definition) is 1. The van der Waals surface area contributed by atoms with E-state index in [2.05, 4.69) is 9.97 Å². The number of amides is 1. The Bertz CT molecular complexity index is 732. The third kappa shape index (κ3) is 1.53. The van der Waals surface area contributed by atoms with Crippen LogP contribution in [0.25, 0.3) is 16.9 Å². The van der Waals surface area contributed by atoms with Crippen molar-refractivity contribution in [3.63, 3.8) is 0 Å². The van der Waals surface area contributed by atoms with E-state index in [-0.39, 0.29) is 0 Å². The molecule has 2 N–H and O–H groups in total. The highest BCUT2D eigenvalue weighted by Gasteiger charge is 2.12. The lowest BCUT2D eigenvalue weighted by atomic mass is 10.0. The molecular formula is C13H10N4O. The number of carbonyl (C=O) groups excluding carboxylic acids is 1. The Labute approximate surface area is 103 Å². The maximum Gasteiger partial charge on any atom is 0.249 e. The Morgan fingerprint density at radius 2 is 2.06 bits per heavy atom. The Morgan fingerprint density at radius 3 is 2.89 bits per heavy atom. The monoisotopic (exact) mass is 238 g/mol. The minimum absolute atomic E-state index is 0.449. The first-order valence-corrected chi connectivity index (χ1v) is 5.43. The molecule has 0 unspecified atom stereocenters. The Hall–Kier alpha value is -2.69. The number of aromatic nitrogens is 3. The molecule has 0 atom stereocenters. The van der Waals surface area contributed by atoms with Crippen LogP contribution in [-0.2, 0) is 0 Å². The number of benzene rings is 1. The molecule has 2 aromatic heterocycles. The molecular weight excluding hydrogens is 228 g/mol. The number of primary amides is 1. The zero-order valence-electron chi connectivity index (χ0n) is 9.45. The first kappa shape index (κ1) is 10.5. The first-order chi connectivity index (χ1) is 8.77. The standard InChI is InChI=1S/C13H10N4O/c14-13(18)10-4-2-1-3-9(10)11-7-16-12-8-15-5-6-17(11)12/h1-8H,(H2,14,18). The van der Waals surface area contributed by atoms with Gasteiger partial charge in [0.2, 0.25) is 5.91 Å². The predicted octanol–water partition coefficient (Wildman–Crippen LogP) is 1.50. The van der Waals surface area contributed by atoms with Crippen LogP contribution in [0.1, 0.15) is 10.4 Å². The summed E-state index contributed by atoms with van der Waals surface area (Å²) in [5.74, 6) is -0.449. The molecule has 1 amide bonds. The van der Waals surface area contributed by atoms with Crippen LogP contribution >= 0.6 is 0 Å². The normalized spacial score (nSPS) is 10.7. The van der Waals surface area contributed by atoms with Crippen LogP contribution in [0.4, 0.5) is 0 Å². The van der Waals surface area contributed by atoms with Gasteiger partial charge in [0.15, 0.2) is 5.65 Å². The van der Waals surface area contributed by atoms with Crippen molar-refractivity contribution >= 4 is 11.6 Å². The second kappa shape index (κ2) is 3.96. The average Bonchev–Trinajstić information content (AvgIpc) is 2.82. The summed E-state index contributed by atoms with van der Waals surface area (Å²) in [5, 5.41) is 0. The van der Waals surface area contributed by atoms with E-state index in [1.807, 2.05) is 16.5 Å². The van der Waals surface area contributed by atoms with E-state index in [9.17, 15) is 4.79 Å². The molecule has 5 heteroatoms. The van der Waals surface area contributed by atoms with Gasteiger partial charge in [0.1, 0.15) is 0 Å². The quantitative estimate of drug-likeness (QED) is 0.735. The van der Waals surface area contributed by atoms with Gasteiger partial charge in [0.25, 0.3) is 0 Å². The molecule has 0 radical (unpaired) electrons. The summed E-state index contributed by atoms with van der Waals surface area (Å²) in [7, 11) is 0. The van der Waals surface area contributed by atoms with E-state index < -0.39 is 5.91 Å². The summed E-state index contributed by atoms with van der Waals surface area (Å²) in [6, 6.07) is 7.21. The van der Waals surface area contributed by atoms with Crippen molar-refractivity contribution < 1.29 is 4.79 Å². The molecule has 0 saturated carbocycles. The molecule has 0 fully saturated rings. The van der Waals surface area contributed by atoms with Crippen molar-refractivity contribution in [2.75, 3.05) is 0 Å². The molecule has 0 bridgehead atoms. The highest BCUT2D eigenvalue weighted by molar-refractivity contribution is 5.99. The fourth-order valence-electron chi connectivity index (χ4n) is 1.96. The lowest BCUT2D eigenvalue weighted by molar-refractivity contribution is 0.100. The van der Waals surface area contributed by atoms with Crippen LogP contribution in [0.15, 0.2) is 49.1 Å². The lowest BCUT2D eigenvalue weighted by Crippen LogP contribution is -2.12. The van der Waals surface area contributed by atoms with E-state index in [4.69, 9.17) is 5.73 Å². The fraction of sp³-hybridized carbons (Fsp3) is 0. The molecule has 0 aliphatic rings. The van der Waals surface area contributed by atoms with Crippen LogP contribution in [0.2, 0.25) is 0 Å². The van der Waals surface area contributed by atoms with Crippen molar-refractivity contribution in [3.8, 4) is 11.3 Å². The number of hydrogen-bond acceptors (Lipinski definition) is 3. The van der Waals surface area contributed by atoms with Gasteiger partial charge >= 0.3 is 0 Å². The predicted molar refractivity (Wildman–Crippen MR) is 66.9 cm³/mol. The largest absolute Gasteiger partial charge is 0.366 e. The van der Waals surface area contributed by atoms with Crippen LogP contribution < -0.4 is 5.73 Å². The van der Waals surface area contributed by atoms with Gasteiger partial charge < -0.3 is 5.73 Å². The SMILES string of the molecule is NC(=O)c1ccccc1-c1cnc2cnccn12.